The minimum Gasteiger partial charge on any atom is -0.311 e. The van der Waals surface area contributed by atoms with Crippen LogP contribution < -0.4 is 10.3 Å². The number of hydrogen-bond donors (Lipinski definition) is 2. The Morgan fingerprint density at radius 3 is 2.52 bits per heavy atom. The van der Waals surface area contributed by atoms with Gasteiger partial charge in [0.2, 0.25) is 5.91 Å². The summed E-state index contributed by atoms with van der Waals surface area (Å²) in [7, 11) is 0. The van der Waals surface area contributed by atoms with E-state index in [0.717, 1.165) is 0 Å². The molecule has 0 spiro atoms. The third-order valence-corrected chi connectivity index (χ3v) is 4.00. The number of hydroxylamine groups is 1. The van der Waals surface area contributed by atoms with Gasteiger partial charge >= 0.3 is 0 Å². The van der Waals surface area contributed by atoms with Gasteiger partial charge in [-0.15, -0.1) is 5.17 Å². The van der Waals surface area contributed by atoms with Crippen LogP contribution in [0.5, 0.6) is 0 Å². The number of rotatable bonds is 4. The molecular formula is C18H16N4O3. The van der Waals surface area contributed by atoms with Crippen molar-refractivity contribution in [2.45, 2.75) is 12.5 Å². The van der Waals surface area contributed by atoms with Crippen molar-refractivity contribution in [3.63, 3.8) is 0 Å². The van der Waals surface area contributed by atoms with Crippen molar-refractivity contribution in [3.8, 4) is 6.07 Å². The number of nitrogens with zero attached hydrogens (tertiary/aromatic N) is 3. The van der Waals surface area contributed by atoms with Crippen molar-refractivity contribution in [3.05, 3.63) is 65.7 Å². The quantitative estimate of drug-likeness (QED) is 0.654. The molecule has 0 aromatic heterocycles. The number of hydrazine groups is 1. The monoisotopic (exact) mass is 336 g/mol. The third-order valence-electron chi connectivity index (χ3n) is 4.00. The van der Waals surface area contributed by atoms with Crippen LogP contribution in [0.4, 0.5) is 5.69 Å². The largest absolute Gasteiger partial charge is 0.311 e. The Morgan fingerprint density at radius 1 is 1.20 bits per heavy atom. The summed E-state index contributed by atoms with van der Waals surface area (Å²) in [4.78, 5) is 26.2. The van der Waals surface area contributed by atoms with Gasteiger partial charge in [0.05, 0.1) is 11.6 Å². The molecule has 7 heteroatoms. The van der Waals surface area contributed by atoms with Gasteiger partial charge in [-0.3, -0.25) is 14.8 Å². The van der Waals surface area contributed by atoms with Crippen LogP contribution in [0.3, 0.4) is 0 Å². The van der Waals surface area contributed by atoms with Gasteiger partial charge in [-0.1, -0.05) is 18.2 Å². The van der Waals surface area contributed by atoms with Crippen LogP contribution in [0, 0.1) is 11.3 Å². The van der Waals surface area contributed by atoms with Crippen LogP contribution in [0.1, 0.15) is 22.3 Å². The van der Waals surface area contributed by atoms with Crippen LogP contribution in [0.15, 0.2) is 54.6 Å². The molecule has 0 aliphatic carbocycles. The first-order chi connectivity index (χ1) is 12.1. The fourth-order valence-electron chi connectivity index (χ4n) is 2.68. The Kier molecular flexibility index (Phi) is 4.75. The standard InChI is InChI=1S/C18H16N4O3/c19-12-13-6-8-15(9-7-13)21-11-10-16(18(21)24)20-22(25)17(23)14-4-2-1-3-5-14/h1-9,16,20,25H,10-11H2. The minimum absolute atomic E-state index is 0.246. The van der Waals surface area contributed by atoms with Crippen molar-refractivity contribution in [2.75, 3.05) is 11.4 Å². The number of carbonyl (C=O) groups excluding carboxylic acids is 2. The number of nitriles is 1. The second-order valence-electron chi connectivity index (χ2n) is 5.60. The summed E-state index contributed by atoms with van der Waals surface area (Å²) in [6.07, 6.45) is 0.442. The van der Waals surface area contributed by atoms with E-state index in [1.807, 2.05) is 6.07 Å². The van der Waals surface area contributed by atoms with Gasteiger partial charge in [0.15, 0.2) is 0 Å². The van der Waals surface area contributed by atoms with E-state index in [1.54, 1.807) is 59.5 Å². The molecule has 1 heterocycles. The molecule has 0 radical (unpaired) electrons. The molecule has 1 aliphatic rings. The highest BCUT2D eigenvalue weighted by atomic mass is 16.6. The summed E-state index contributed by atoms with van der Waals surface area (Å²) in [5.41, 5.74) is 4.04. The molecule has 1 unspecified atom stereocenters. The van der Waals surface area contributed by atoms with E-state index in [-0.39, 0.29) is 5.91 Å². The SMILES string of the molecule is N#Cc1ccc(N2CCC(NN(O)C(=O)c3ccccc3)C2=O)cc1. The normalized spacial score (nSPS) is 16.6. The van der Waals surface area contributed by atoms with Crippen LogP contribution in [0.25, 0.3) is 0 Å². The Hall–Kier alpha value is -3.21. The maximum atomic E-state index is 12.5. The second kappa shape index (κ2) is 7.13. The molecule has 2 aromatic rings. The van der Waals surface area contributed by atoms with Crippen molar-refractivity contribution in [1.82, 2.24) is 10.6 Å². The number of anilines is 1. The van der Waals surface area contributed by atoms with Crippen molar-refractivity contribution >= 4 is 17.5 Å². The molecule has 1 atom stereocenters. The molecule has 126 valence electrons. The molecular weight excluding hydrogens is 320 g/mol. The molecule has 2 aromatic carbocycles. The van der Waals surface area contributed by atoms with Gasteiger partial charge in [-0.2, -0.15) is 10.7 Å². The van der Waals surface area contributed by atoms with Gasteiger partial charge in [-0.05, 0) is 42.8 Å². The minimum atomic E-state index is -0.701. The molecule has 1 aliphatic heterocycles. The zero-order valence-electron chi connectivity index (χ0n) is 13.3. The van der Waals surface area contributed by atoms with Crippen molar-refractivity contribution in [2.24, 2.45) is 0 Å². The first kappa shape index (κ1) is 16.6. The molecule has 1 saturated heterocycles. The predicted octanol–water partition coefficient (Wildman–Crippen LogP) is 1.70. The number of carbonyl (C=O) groups is 2. The molecule has 1 fully saturated rings. The molecule has 25 heavy (non-hydrogen) atoms. The van der Waals surface area contributed by atoms with Gasteiger partial charge in [0.25, 0.3) is 5.91 Å². The molecule has 2 amide bonds. The smallest absolute Gasteiger partial charge is 0.292 e. The van der Waals surface area contributed by atoms with Crippen LogP contribution in [-0.4, -0.2) is 34.8 Å². The van der Waals surface area contributed by atoms with Gasteiger partial charge < -0.3 is 4.90 Å². The zero-order chi connectivity index (χ0) is 17.8. The summed E-state index contributed by atoms with van der Waals surface area (Å²) >= 11 is 0. The first-order valence-electron chi connectivity index (χ1n) is 7.76. The predicted molar refractivity (Wildman–Crippen MR) is 89.4 cm³/mol. The van der Waals surface area contributed by atoms with Crippen LogP contribution in [-0.2, 0) is 4.79 Å². The Balaban J connectivity index is 1.65. The van der Waals surface area contributed by atoms with Crippen molar-refractivity contribution < 1.29 is 14.8 Å². The van der Waals surface area contributed by atoms with E-state index >= 15 is 0 Å². The number of benzene rings is 2. The topological polar surface area (TPSA) is 96.7 Å². The summed E-state index contributed by atoms with van der Waals surface area (Å²) < 4.78 is 0. The van der Waals surface area contributed by atoms with Gasteiger partial charge in [0.1, 0.15) is 6.04 Å². The number of amides is 2. The zero-order valence-corrected chi connectivity index (χ0v) is 13.3. The summed E-state index contributed by atoms with van der Waals surface area (Å²) in [5, 5.41) is 19.1. The highest BCUT2D eigenvalue weighted by Crippen LogP contribution is 2.22. The maximum absolute atomic E-state index is 12.5. The average Bonchev–Trinajstić information content (AvgIpc) is 3.02. The first-order valence-corrected chi connectivity index (χ1v) is 7.76. The Morgan fingerprint density at radius 2 is 1.88 bits per heavy atom. The lowest BCUT2D eigenvalue weighted by Crippen LogP contribution is -2.49. The highest BCUT2D eigenvalue weighted by Gasteiger charge is 2.34. The van der Waals surface area contributed by atoms with E-state index in [0.29, 0.717) is 35.0 Å². The summed E-state index contributed by atoms with van der Waals surface area (Å²) in [6, 6.07) is 16.3. The molecule has 3 rings (SSSR count). The van der Waals surface area contributed by atoms with E-state index in [4.69, 9.17) is 5.26 Å². The highest BCUT2D eigenvalue weighted by molar-refractivity contribution is 6.00. The fraction of sp³-hybridized carbons (Fsp3) is 0.167. The molecule has 7 nitrogen and oxygen atoms in total. The Bertz CT molecular complexity index is 814. The lowest BCUT2D eigenvalue weighted by molar-refractivity contribution is -0.130. The maximum Gasteiger partial charge on any atom is 0.292 e. The Labute approximate surface area is 144 Å². The summed E-state index contributed by atoms with van der Waals surface area (Å²) in [6.45, 7) is 0.454. The summed E-state index contributed by atoms with van der Waals surface area (Å²) in [5.74, 6) is -0.880. The number of nitrogens with one attached hydrogen (secondary N) is 1. The lowest BCUT2D eigenvalue weighted by atomic mass is 10.2. The van der Waals surface area contributed by atoms with Gasteiger partial charge in [0, 0.05) is 17.8 Å². The molecule has 0 bridgehead atoms. The second-order valence-corrected chi connectivity index (χ2v) is 5.60. The van der Waals surface area contributed by atoms with E-state index in [9.17, 15) is 14.8 Å². The van der Waals surface area contributed by atoms with Crippen LogP contribution >= 0.6 is 0 Å². The fourth-order valence-corrected chi connectivity index (χ4v) is 2.68. The molecule has 2 N–H and O–H groups in total. The average molecular weight is 336 g/mol. The van der Waals surface area contributed by atoms with E-state index in [1.165, 1.54) is 0 Å². The van der Waals surface area contributed by atoms with Gasteiger partial charge in [-0.25, -0.2) is 0 Å². The van der Waals surface area contributed by atoms with Crippen molar-refractivity contribution in [1.29, 1.82) is 5.26 Å². The number of hydrogen-bond acceptors (Lipinski definition) is 5. The lowest BCUT2D eigenvalue weighted by Gasteiger charge is -2.21. The van der Waals surface area contributed by atoms with Crippen LogP contribution in [0.2, 0.25) is 0 Å². The third kappa shape index (κ3) is 3.50. The molecule has 0 saturated carbocycles. The van der Waals surface area contributed by atoms with E-state index < -0.39 is 11.9 Å². The van der Waals surface area contributed by atoms with E-state index in [2.05, 4.69) is 5.43 Å².